The van der Waals surface area contributed by atoms with E-state index < -0.39 is 5.69 Å². The molecule has 0 unspecified atom stereocenters. The molecule has 2 atom stereocenters. The summed E-state index contributed by atoms with van der Waals surface area (Å²) in [5.41, 5.74) is 2.11. The van der Waals surface area contributed by atoms with Crippen molar-refractivity contribution in [1.29, 1.82) is 0 Å². The van der Waals surface area contributed by atoms with Gasteiger partial charge in [0, 0.05) is 13.1 Å². The van der Waals surface area contributed by atoms with E-state index in [1.165, 1.54) is 20.5 Å². The third-order valence-electron chi connectivity index (χ3n) is 5.88. The zero-order chi connectivity index (χ0) is 21.6. The van der Waals surface area contributed by atoms with E-state index in [0.29, 0.717) is 40.8 Å². The summed E-state index contributed by atoms with van der Waals surface area (Å²) in [6, 6.07) is 7.46. The van der Waals surface area contributed by atoms with E-state index in [9.17, 15) is 14.4 Å². The lowest BCUT2D eigenvalue weighted by molar-refractivity contribution is -0.134. The lowest BCUT2D eigenvalue weighted by Gasteiger charge is -2.35. The molecule has 1 amide bonds. The Morgan fingerprint density at radius 3 is 2.50 bits per heavy atom. The largest absolute Gasteiger partial charge is 0.341 e. The average Bonchev–Trinajstić information content (AvgIpc) is 3.17. The highest BCUT2D eigenvalue weighted by Crippen LogP contribution is 2.22. The Bertz CT molecular complexity index is 1230. The molecule has 1 aromatic carbocycles. The molecular formula is C23H27N3O3S. The maximum Gasteiger partial charge on any atom is 0.336 e. The second kappa shape index (κ2) is 7.87. The number of nitrogens with zero attached hydrogens (tertiary/aromatic N) is 3. The third kappa shape index (κ3) is 3.62. The minimum atomic E-state index is -0.467. The van der Waals surface area contributed by atoms with E-state index in [0.717, 1.165) is 17.5 Å². The van der Waals surface area contributed by atoms with Gasteiger partial charge in [0.2, 0.25) is 5.91 Å². The van der Waals surface area contributed by atoms with Crippen molar-refractivity contribution in [3.63, 3.8) is 0 Å². The molecule has 1 aliphatic rings. The maximum absolute atomic E-state index is 13.5. The molecule has 158 valence electrons. The topological polar surface area (TPSA) is 64.3 Å². The quantitative estimate of drug-likeness (QED) is 0.647. The highest BCUT2D eigenvalue weighted by atomic mass is 32.1. The summed E-state index contributed by atoms with van der Waals surface area (Å²) >= 11 is 1.30. The number of rotatable bonds is 3. The van der Waals surface area contributed by atoms with Crippen molar-refractivity contribution < 1.29 is 4.79 Å². The summed E-state index contributed by atoms with van der Waals surface area (Å²) in [6.45, 7) is 9.47. The minimum Gasteiger partial charge on any atom is -0.341 e. The summed E-state index contributed by atoms with van der Waals surface area (Å²) in [4.78, 5) is 41.6. The van der Waals surface area contributed by atoms with E-state index in [-0.39, 0.29) is 18.0 Å². The van der Waals surface area contributed by atoms with Gasteiger partial charge in [-0.25, -0.2) is 9.36 Å². The molecule has 7 heteroatoms. The average molecular weight is 426 g/mol. The van der Waals surface area contributed by atoms with Crippen molar-refractivity contribution in [1.82, 2.24) is 14.0 Å². The summed E-state index contributed by atoms with van der Waals surface area (Å²) in [5, 5.41) is 1.80. The van der Waals surface area contributed by atoms with Crippen molar-refractivity contribution in [2.24, 2.45) is 11.8 Å². The van der Waals surface area contributed by atoms with Gasteiger partial charge in [-0.05, 0) is 60.7 Å². The van der Waals surface area contributed by atoms with Crippen molar-refractivity contribution in [2.75, 3.05) is 13.1 Å². The van der Waals surface area contributed by atoms with E-state index in [1.807, 2.05) is 36.9 Å². The van der Waals surface area contributed by atoms with E-state index in [2.05, 4.69) is 13.8 Å². The molecule has 1 saturated heterocycles. The smallest absolute Gasteiger partial charge is 0.336 e. The van der Waals surface area contributed by atoms with Gasteiger partial charge < -0.3 is 4.90 Å². The van der Waals surface area contributed by atoms with Gasteiger partial charge in [0.1, 0.15) is 11.2 Å². The molecule has 3 aromatic rings. The molecule has 3 heterocycles. The second-order valence-corrected chi connectivity index (χ2v) is 9.60. The summed E-state index contributed by atoms with van der Waals surface area (Å²) in [5.74, 6) is 0.813. The first kappa shape index (κ1) is 20.6. The molecule has 1 aliphatic heterocycles. The van der Waals surface area contributed by atoms with Crippen LogP contribution in [0.15, 0.2) is 39.2 Å². The molecule has 4 rings (SSSR count). The fraction of sp³-hybridized carbons (Fsp3) is 0.435. The predicted molar refractivity (Wildman–Crippen MR) is 121 cm³/mol. The Morgan fingerprint density at radius 2 is 1.80 bits per heavy atom. The number of benzene rings is 1. The molecule has 0 aliphatic carbocycles. The van der Waals surface area contributed by atoms with Crippen LogP contribution in [0.2, 0.25) is 0 Å². The minimum absolute atomic E-state index is 0.0589. The Morgan fingerprint density at radius 1 is 1.10 bits per heavy atom. The second-order valence-electron chi connectivity index (χ2n) is 8.68. The molecule has 0 radical (unpaired) electrons. The first-order valence-corrected chi connectivity index (χ1v) is 11.2. The molecule has 1 fully saturated rings. The standard InChI is InChI=1S/C23H27N3O3S/c1-14-5-6-17(4)19(10-14)26-22(28)21-18(7-8-30-21)25(23(26)29)13-20(27)24-11-15(2)9-16(3)12-24/h5-8,10,15-16H,9,11-13H2,1-4H3/t15-,16-/m1/s1. The van der Waals surface area contributed by atoms with Gasteiger partial charge in [0.15, 0.2) is 0 Å². The highest BCUT2D eigenvalue weighted by Gasteiger charge is 2.27. The zero-order valence-electron chi connectivity index (χ0n) is 17.8. The van der Waals surface area contributed by atoms with Gasteiger partial charge in [-0.15, -0.1) is 11.3 Å². The summed E-state index contributed by atoms with van der Waals surface area (Å²) in [7, 11) is 0. The van der Waals surface area contributed by atoms with Crippen LogP contribution < -0.4 is 11.2 Å². The van der Waals surface area contributed by atoms with Crippen LogP contribution in [0.4, 0.5) is 0 Å². The van der Waals surface area contributed by atoms with Crippen LogP contribution in [0, 0.1) is 25.7 Å². The van der Waals surface area contributed by atoms with E-state index in [4.69, 9.17) is 0 Å². The lowest BCUT2D eigenvalue weighted by Crippen LogP contribution is -2.46. The molecular weight excluding hydrogens is 398 g/mol. The number of fused-ring (bicyclic) bond motifs is 1. The van der Waals surface area contributed by atoms with Crippen molar-refractivity contribution >= 4 is 27.5 Å². The molecule has 30 heavy (non-hydrogen) atoms. The van der Waals surface area contributed by atoms with Crippen LogP contribution in [0.25, 0.3) is 15.9 Å². The highest BCUT2D eigenvalue weighted by molar-refractivity contribution is 7.17. The molecule has 0 bridgehead atoms. The number of hydrogen-bond acceptors (Lipinski definition) is 4. The van der Waals surface area contributed by atoms with Gasteiger partial charge in [-0.2, -0.15) is 0 Å². The van der Waals surface area contributed by atoms with Gasteiger partial charge in [0.25, 0.3) is 5.56 Å². The predicted octanol–water partition coefficient (Wildman–Crippen LogP) is 3.34. The van der Waals surface area contributed by atoms with Gasteiger partial charge in [0.05, 0.1) is 11.2 Å². The molecule has 0 spiro atoms. The Balaban J connectivity index is 1.84. The fourth-order valence-corrected chi connectivity index (χ4v) is 5.34. The number of hydrogen-bond donors (Lipinski definition) is 0. The fourth-order valence-electron chi connectivity index (χ4n) is 4.51. The number of likely N-dealkylation sites (tertiary alicyclic amines) is 1. The summed E-state index contributed by atoms with van der Waals surface area (Å²) in [6.07, 6.45) is 1.11. The zero-order valence-corrected chi connectivity index (χ0v) is 18.7. The first-order valence-electron chi connectivity index (χ1n) is 10.3. The molecule has 0 saturated carbocycles. The van der Waals surface area contributed by atoms with Crippen LogP contribution in [0.1, 0.15) is 31.4 Å². The van der Waals surface area contributed by atoms with Gasteiger partial charge in [-0.3, -0.25) is 14.2 Å². The number of carbonyl (C=O) groups is 1. The Labute approximate surface area is 179 Å². The number of carbonyl (C=O) groups excluding carboxylic acids is 1. The molecule has 0 N–H and O–H groups in total. The molecule has 2 aromatic heterocycles. The normalized spacial score (nSPS) is 19.4. The van der Waals surface area contributed by atoms with Crippen LogP contribution in [0.3, 0.4) is 0 Å². The number of aromatic nitrogens is 2. The van der Waals surface area contributed by atoms with Gasteiger partial charge >= 0.3 is 5.69 Å². The van der Waals surface area contributed by atoms with Crippen LogP contribution >= 0.6 is 11.3 Å². The van der Waals surface area contributed by atoms with Crippen LogP contribution in [-0.4, -0.2) is 33.0 Å². The monoisotopic (exact) mass is 425 g/mol. The lowest BCUT2D eigenvalue weighted by atomic mass is 9.92. The number of thiophene rings is 1. The molecule has 6 nitrogen and oxygen atoms in total. The van der Waals surface area contributed by atoms with Crippen LogP contribution in [-0.2, 0) is 11.3 Å². The Hall–Kier alpha value is -2.67. The SMILES string of the molecule is Cc1ccc(C)c(-n2c(=O)c3sccc3n(CC(=O)N3C[C@H](C)C[C@@H](C)C3)c2=O)c1. The maximum atomic E-state index is 13.5. The Kier molecular flexibility index (Phi) is 5.40. The van der Waals surface area contributed by atoms with Crippen molar-refractivity contribution in [3.8, 4) is 5.69 Å². The van der Waals surface area contributed by atoms with Gasteiger partial charge in [-0.1, -0.05) is 26.0 Å². The number of piperidine rings is 1. The summed E-state index contributed by atoms with van der Waals surface area (Å²) < 4.78 is 3.17. The number of amides is 1. The van der Waals surface area contributed by atoms with Crippen LogP contribution in [0.5, 0.6) is 0 Å². The van der Waals surface area contributed by atoms with Crippen molar-refractivity contribution in [2.45, 2.75) is 40.7 Å². The first-order chi connectivity index (χ1) is 14.3. The van der Waals surface area contributed by atoms with Crippen molar-refractivity contribution in [3.05, 3.63) is 61.6 Å². The van der Waals surface area contributed by atoms with E-state index >= 15 is 0 Å². The van der Waals surface area contributed by atoms with E-state index in [1.54, 1.807) is 11.4 Å². The third-order valence-corrected chi connectivity index (χ3v) is 6.77. The number of aryl methyl sites for hydroxylation is 2.